The molecule has 96 valence electrons. The lowest BCUT2D eigenvalue weighted by Gasteiger charge is -2.35. The molecule has 2 unspecified atom stereocenters. The van der Waals surface area contributed by atoms with Crippen LogP contribution in [-0.2, 0) is 9.59 Å². The Hall–Kier alpha value is -1.10. The molecule has 17 heavy (non-hydrogen) atoms. The highest BCUT2D eigenvalue weighted by Gasteiger charge is 2.33. The Morgan fingerprint density at radius 1 is 1.53 bits per heavy atom. The van der Waals surface area contributed by atoms with Gasteiger partial charge in [-0.05, 0) is 32.1 Å². The van der Waals surface area contributed by atoms with E-state index < -0.39 is 0 Å². The molecule has 2 heterocycles. The molecule has 3 atom stereocenters. The van der Waals surface area contributed by atoms with Crippen LogP contribution in [0.1, 0.15) is 32.6 Å². The molecule has 2 fully saturated rings. The highest BCUT2D eigenvalue weighted by Crippen LogP contribution is 2.20. The Morgan fingerprint density at radius 2 is 2.29 bits per heavy atom. The monoisotopic (exact) mass is 239 g/mol. The zero-order chi connectivity index (χ0) is 12.4. The van der Waals surface area contributed by atoms with E-state index in [9.17, 15) is 9.59 Å². The summed E-state index contributed by atoms with van der Waals surface area (Å²) in [7, 11) is 0. The molecule has 2 saturated heterocycles. The number of hydrogen-bond donors (Lipinski definition) is 2. The second-order valence-electron chi connectivity index (χ2n) is 5.20. The van der Waals surface area contributed by atoms with E-state index in [2.05, 4.69) is 5.32 Å². The molecule has 2 aliphatic rings. The minimum Gasteiger partial charge on any atom is -0.344 e. The summed E-state index contributed by atoms with van der Waals surface area (Å²) in [5.41, 5.74) is 5.90. The zero-order valence-electron chi connectivity index (χ0n) is 10.3. The number of carbonyl (C=O) groups is 2. The maximum Gasteiger partial charge on any atom is 0.245 e. The maximum absolute atomic E-state index is 12.2. The number of nitrogens with zero attached hydrogens (tertiary/aromatic N) is 1. The predicted octanol–water partition coefficient (Wildman–Crippen LogP) is -0.149. The maximum atomic E-state index is 12.2. The van der Waals surface area contributed by atoms with Gasteiger partial charge >= 0.3 is 0 Å². The van der Waals surface area contributed by atoms with Crippen molar-refractivity contribution in [1.29, 1.82) is 0 Å². The predicted molar refractivity (Wildman–Crippen MR) is 64.1 cm³/mol. The molecule has 0 aromatic heterocycles. The van der Waals surface area contributed by atoms with Crippen molar-refractivity contribution < 1.29 is 9.59 Å². The minimum absolute atomic E-state index is 0.0101. The Kier molecular flexibility index (Phi) is 3.66. The highest BCUT2D eigenvalue weighted by molar-refractivity contribution is 5.90. The summed E-state index contributed by atoms with van der Waals surface area (Å²) in [5, 5.41) is 2.73. The van der Waals surface area contributed by atoms with E-state index in [0.717, 1.165) is 25.9 Å². The van der Waals surface area contributed by atoms with E-state index in [4.69, 9.17) is 5.73 Å². The van der Waals surface area contributed by atoms with E-state index in [1.807, 2.05) is 11.8 Å². The van der Waals surface area contributed by atoms with Gasteiger partial charge in [-0.1, -0.05) is 0 Å². The largest absolute Gasteiger partial charge is 0.344 e. The molecular weight excluding hydrogens is 218 g/mol. The highest BCUT2D eigenvalue weighted by atomic mass is 16.2. The van der Waals surface area contributed by atoms with E-state index in [1.165, 1.54) is 0 Å². The van der Waals surface area contributed by atoms with Crippen LogP contribution in [0, 0.1) is 5.92 Å². The molecule has 0 aromatic carbocycles. The van der Waals surface area contributed by atoms with Gasteiger partial charge in [0.2, 0.25) is 11.8 Å². The second kappa shape index (κ2) is 5.04. The lowest BCUT2D eigenvalue weighted by molar-refractivity contribution is -0.136. The van der Waals surface area contributed by atoms with E-state index in [0.29, 0.717) is 18.8 Å². The summed E-state index contributed by atoms with van der Waals surface area (Å²) in [5.74, 6) is 0.454. The number of nitrogens with two attached hydrogens (primary N) is 1. The number of amides is 2. The first-order valence-corrected chi connectivity index (χ1v) is 6.41. The van der Waals surface area contributed by atoms with Crippen LogP contribution in [0.3, 0.4) is 0 Å². The lowest BCUT2D eigenvalue weighted by atomic mass is 9.92. The molecule has 2 amide bonds. The summed E-state index contributed by atoms with van der Waals surface area (Å²) < 4.78 is 0. The number of carbonyl (C=O) groups excluding carboxylic acids is 2. The third-order valence-corrected chi connectivity index (χ3v) is 3.81. The number of rotatable bonds is 2. The summed E-state index contributed by atoms with van der Waals surface area (Å²) >= 11 is 0. The Morgan fingerprint density at radius 3 is 2.88 bits per heavy atom. The molecule has 0 spiro atoms. The van der Waals surface area contributed by atoms with Crippen molar-refractivity contribution in [2.45, 2.75) is 44.7 Å². The van der Waals surface area contributed by atoms with Crippen LogP contribution < -0.4 is 11.1 Å². The first-order valence-electron chi connectivity index (χ1n) is 6.41. The number of hydrogen-bond acceptors (Lipinski definition) is 3. The summed E-state index contributed by atoms with van der Waals surface area (Å²) in [6, 6.07) is -0.168. The smallest absolute Gasteiger partial charge is 0.245 e. The minimum atomic E-state index is -0.297. The molecule has 2 aliphatic heterocycles. The molecule has 3 N–H and O–H groups in total. The summed E-state index contributed by atoms with van der Waals surface area (Å²) in [6.45, 7) is 3.54. The summed E-state index contributed by atoms with van der Waals surface area (Å²) in [6.07, 6.45) is 3.22. The second-order valence-corrected chi connectivity index (χ2v) is 5.20. The van der Waals surface area contributed by atoms with Crippen molar-refractivity contribution >= 4 is 11.8 Å². The SMILES string of the molecule is CC(N)C1CCCN(C(=O)[C@@H]2CCC(=O)N2)C1. The van der Waals surface area contributed by atoms with Gasteiger partial charge < -0.3 is 16.0 Å². The van der Waals surface area contributed by atoms with Crippen LogP contribution in [-0.4, -0.2) is 41.9 Å². The van der Waals surface area contributed by atoms with Crippen LogP contribution in [0.2, 0.25) is 0 Å². The molecule has 0 aromatic rings. The van der Waals surface area contributed by atoms with Crippen LogP contribution in [0.5, 0.6) is 0 Å². The fourth-order valence-electron chi connectivity index (χ4n) is 2.66. The van der Waals surface area contributed by atoms with Crippen LogP contribution >= 0.6 is 0 Å². The number of nitrogens with one attached hydrogen (secondary N) is 1. The van der Waals surface area contributed by atoms with Crippen molar-refractivity contribution in [2.24, 2.45) is 11.7 Å². The van der Waals surface area contributed by atoms with E-state index in [-0.39, 0.29) is 23.9 Å². The first-order chi connectivity index (χ1) is 8.08. The molecule has 0 saturated carbocycles. The fraction of sp³-hybridized carbons (Fsp3) is 0.833. The van der Waals surface area contributed by atoms with Gasteiger partial charge in [0.1, 0.15) is 6.04 Å². The third-order valence-electron chi connectivity index (χ3n) is 3.81. The lowest BCUT2D eigenvalue weighted by Crippen LogP contribution is -2.50. The summed E-state index contributed by atoms with van der Waals surface area (Å²) in [4.78, 5) is 25.2. The molecule has 0 radical (unpaired) electrons. The van der Waals surface area contributed by atoms with Gasteiger partial charge in [0, 0.05) is 25.6 Å². The number of likely N-dealkylation sites (tertiary alicyclic amines) is 1. The third kappa shape index (κ3) is 2.77. The average molecular weight is 239 g/mol. The topological polar surface area (TPSA) is 75.4 Å². The van der Waals surface area contributed by atoms with Crippen molar-refractivity contribution in [3.8, 4) is 0 Å². The van der Waals surface area contributed by atoms with Crippen molar-refractivity contribution in [3.05, 3.63) is 0 Å². The van der Waals surface area contributed by atoms with Gasteiger partial charge in [-0.25, -0.2) is 0 Å². The molecule has 0 aliphatic carbocycles. The molecular formula is C12H21N3O2. The molecule has 5 heteroatoms. The Labute approximate surface area is 102 Å². The zero-order valence-corrected chi connectivity index (χ0v) is 10.3. The average Bonchev–Trinajstić information content (AvgIpc) is 2.75. The Balaban J connectivity index is 1.93. The molecule has 0 bridgehead atoms. The first kappa shape index (κ1) is 12.4. The van der Waals surface area contributed by atoms with E-state index in [1.54, 1.807) is 0 Å². The Bertz CT molecular complexity index is 317. The number of piperidine rings is 1. The molecule has 2 rings (SSSR count). The van der Waals surface area contributed by atoms with Crippen LogP contribution in [0.25, 0.3) is 0 Å². The van der Waals surface area contributed by atoms with Crippen molar-refractivity contribution in [1.82, 2.24) is 10.2 Å². The van der Waals surface area contributed by atoms with Crippen LogP contribution in [0.4, 0.5) is 0 Å². The van der Waals surface area contributed by atoms with Crippen molar-refractivity contribution in [2.75, 3.05) is 13.1 Å². The van der Waals surface area contributed by atoms with Gasteiger partial charge in [0.25, 0.3) is 0 Å². The normalized spacial score (nSPS) is 31.2. The fourth-order valence-corrected chi connectivity index (χ4v) is 2.66. The van der Waals surface area contributed by atoms with Gasteiger partial charge in [-0.3, -0.25) is 9.59 Å². The quantitative estimate of drug-likeness (QED) is 0.703. The van der Waals surface area contributed by atoms with Gasteiger partial charge in [0.15, 0.2) is 0 Å². The van der Waals surface area contributed by atoms with Gasteiger partial charge in [0.05, 0.1) is 0 Å². The van der Waals surface area contributed by atoms with Gasteiger partial charge in [-0.15, -0.1) is 0 Å². The van der Waals surface area contributed by atoms with Crippen LogP contribution in [0.15, 0.2) is 0 Å². The van der Waals surface area contributed by atoms with Gasteiger partial charge in [-0.2, -0.15) is 0 Å². The molecule has 5 nitrogen and oxygen atoms in total. The standard InChI is InChI=1S/C12H21N3O2/c1-8(13)9-3-2-6-15(7-9)12(17)10-4-5-11(16)14-10/h8-10H,2-7,13H2,1H3,(H,14,16)/t8?,9?,10-/m0/s1. The van der Waals surface area contributed by atoms with E-state index >= 15 is 0 Å². The van der Waals surface area contributed by atoms with Crippen molar-refractivity contribution in [3.63, 3.8) is 0 Å².